The summed E-state index contributed by atoms with van der Waals surface area (Å²) in [5.41, 5.74) is 7.68. The SMILES string of the molecule is CC(C)OCCOCc1oc2ccccc2c1CN. The van der Waals surface area contributed by atoms with Crippen molar-refractivity contribution >= 4 is 11.0 Å². The molecule has 2 N–H and O–H groups in total. The highest BCUT2D eigenvalue weighted by atomic mass is 16.5. The van der Waals surface area contributed by atoms with Crippen molar-refractivity contribution in [3.8, 4) is 0 Å². The lowest BCUT2D eigenvalue weighted by Crippen LogP contribution is -2.10. The van der Waals surface area contributed by atoms with Crippen molar-refractivity contribution in [3.63, 3.8) is 0 Å². The van der Waals surface area contributed by atoms with Crippen LogP contribution in [0, 0.1) is 0 Å². The summed E-state index contributed by atoms with van der Waals surface area (Å²) in [5.74, 6) is 0.813. The van der Waals surface area contributed by atoms with Crippen molar-refractivity contribution in [2.75, 3.05) is 13.2 Å². The molecule has 0 saturated carbocycles. The van der Waals surface area contributed by atoms with Crippen molar-refractivity contribution in [2.45, 2.75) is 33.1 Å². The monoisotopic (exact) mass is 263 g/mol. The first kappa shape index (κ1) is 14.1. The van der Waals surface area contributed by atoms with Gasteiger partial charge < -0.3 is 19.6 Å². The van der Waals surface area contributed by atoms with E-state index in [0.29, 0.717) is 26.4 Å². The van der Waals surface area contributed by atoms with Gasteiger partial charge in [-0.2, -0.15) is 0 Å². The molecule has 0 aliphatic rings. The maximum absolute atomic E-state index is 5.79. The van der Waals surface area contributed by atoms with E-state index in [4.69, 9.17) is 19.6 Å². The average molecular weight is 263 g/mol. The Morgan fingerprint density at radius 1 is 1.21 bits per heavy atom. The zero-order valence-corrected chi connectivity index (χ0v) is 11.5. The van der Waals surface area contributed by atoms with Gasteiger partial charge in [-0.1, -0.05) is 18.2 Å². The van der Waals surface area contributed by atoms with Crippen LogP contribution in [0.3, 0.4) is 0 Å². The normalized spacial score (nSPS) is 11.6. The van der Waals surface area contributed by atoms with Crippen molar-refractivity contribution in [1.82, 2.24) is 0 Å². The van der Waals surface area contributed by atoms with Crippen LogP contribution in [0.1, 0.15) is 25.2 Å². The summed E-state index contributed by atoms with van der Waals surface area (Å²) in [5, 5.41) is 1.07. The zero-order chi connectivity index (χ0) is 13.7. The van der Waals surface area contributed by atoms with E-state index in [9.17, 15) is 0 Å². The molecule has 0 bridgehead atoms. The van der Waals surface area contributed by atoms with Crippen molar-refractivity contribution in [1.29, 1.82) is 0 Å². The average Bonchev–Trinajstić information content (AvgIpc) is 2.75. The Labute approximate surface area is 113 Å². The van der Waals surface area contributed by atoms with Crippen LogP contribution in [0.4, 0.5) is 0 Å². The minimum absolute atomic E-state index is 0.231. The molecular formula is C15H21NO3. The molecule has 2 rings (SSSR count). The molecule has 1 aromatic carbocycles. The first-order chi connectivity index (χ1) is 9.22. The van der Waals surface area contributed by atoms with E-state index in [1.54, 1.807) is 0 Å². The van der Waals surface area contributed by atoms with Crippen LogP contribution >= 0.6 is 0 Å². The highest BCUT2D eigenvalue weighted by Gasteiger charge is 2.12. The smallest absolute Gasteiger partial charge is 0.135 e. The lowest BCUT2D eigenvalue weighted by atomic mass is 10.1. The van der Waals surface area contributed by atoms with Gasteiger partial charge in [0, 0.05) is 17.5 Å². The van der Waals surface area contributed by atoms with Gasteiger partial charge in [-0.05, 0) is 19.9 Å². The second-order valence-electron chi connectivity index (χ2n) is 4.68. The molecule has 0 fully saturated rings. The van der Waals surface area contributed by atoms with Gasteiger partial charge in [0.25, 0.3) is 0 Å². The van der Waals surface area contributed by atoms with Crippen LogP contribution in [0.15, 0.2) is 28.7 Å². The van der Waals surface area contributed by atoms with E-state index in [2.05, 4.69) is 0 Å². The Bertz CT molecular complexity index is 519. The van der Waals surface area contributed by atoms with Crippen LogP contribution in [0.5, 0.6) is 0 Å². The summed E-state index contributed by atoms with van der Waals surface area (Å²) in [7, 11) is 0. The number of benzene rings is 1. The summed E-state index contributed by atoms with van der Waals surface area (Å²) < 4.78 is 16.8. The Kier molecular flexibility index (Phi) is 4.96. The van der Waals surface area contributed by atoms with E-state index in [-0.39, 0.29) is 6.10 Å². The van der Waals surface area contributed by atoms with Gasteiger partial charge in [0.1, 0.15) is 18.0 Å². The van der Waals surface area contributed by atoms with E-state index < -0.39 is 0 Å². The largest absolute Gasteiger partial charge is 0.458 e. The molecule has 4 nitrogen and oxygen atoms in total. The van der Waals surface area contributed by atoms with Crippen LogP contribution in [0.2, 0.25) is 0 Å². The summed E-state index contributed by atoms with van der Waals surface area (Å²) >= 11 is 0. The van der Waals surface area contributed by atoms with Crippen LogP contribution in [-0.2, 0) is 22.6 Å². The van der Waals surface area contributed by atoms with E-state index in [1.165, 1.54) is 0 Å². The molecule has 0 spiro atoms. The maximum atomic E-state index is 5.79. The van der Waals surface area contributed by atoms with Gasteiger partial charge in [0.05, 0.1) is 19.3 Å². The number of furan rings is 1. The fraction of sp³-hybridized carbons (Fsp3) is 0.467. The lowest BCUT2D eigenvalue weighted by molar-refractivity contribution is 0.0104. The standard InChI is InChI=1S/C15H21NO3/c1-11(2)18-8-7-17-10-15-13(9-16)12-5-3-4-6-14(12)19-15/h3-6,11H,7-10,16H2,1-2H3. The number of hydrogen-bond donors (Lipinski definition) is 1. The first-order valence-corrected chi connectivity index (χ1v) is 6.61. The number of para-hydroxylation sites is 1. The summed E-state index contributed by atoms with van der Waals surface area (Å²) in [6.45, 7) is 6.05. The van der Waals surface area contributed by atoms with Crippen molar-refractivity contribution < 1.29 is 13.9 Å². The number of hydrogen-bond acceptors (Lipinski definition) is 4. The number of ether oxygens (including phenoxy) is 2. The van der Waals surface area contributed by atoms with E-state index in [0.717, 1.165) is 22.3 Å². The molecule has 2 aromatic rings. The van der Waals surface area contributed by atoms with E-state index in [1.807, 2.05) is 38.1 Å². The molecule has 0 aliphatic heterocycles. The van der Waals surface area contributed by atoms with Gasteiger partial charge >= 0.3 is 0 Å². The third-order valence-electron chi connectivity index (χ3n) is 2.90. The van der Waals surface area contributed by atoms with Crippen LogP contribution in [0.25, 0.3) is 11.0 Å². The Morgan fingerprint density at radius 3 is 2.74 bits per heavy atom. The number of fused-ring (bicyclic) bond motifs is 1. The molecule has 1 aromatic heterocycles. The van der Waals surface area contributed by atoms with E-state index >= 15 is 0 Å². The molecule has 0 amide bonds. The molecular weight excluding hydrogens is 242 g/mol. The highest BCUT2D eigenvalue weighted by molar-refractivity contribution is 5.82. The van der Waals surface area contributed by atoms with Crippen LogP contribution < -0.4 is 5.73 Å². The molecule has 0 aliphatic carbocycles. The predicted molar refractivity (Wildman–Crippen MR) is 74.8 cm³/mol. The van der Waals surface area contributed by atoms with Gasteiger partial charge in [-0.15, -0.1) is 0 Å². The lowest BCUT2D eigenvalue weighted by Gasteiger charge is -2.07. The first-order valence-electron chi connectivity index (χ1n) is 6.61. The highest BCUT2D eigenvalue weighted by Crippen LogP contribution is 2.25. The molecule has 0 atom stereocenters. The quantitative estimate of drug-likeness (QED) is 0.780. The molecule has 0 radical (unpaired) electrons. The third kappa shape index (κ3) is 3.56. The Balaban J connectivity index is 1.96. The molecule has 4 heteroatoms. The molecule has 0 saturated heterocycles. The van der Waals surface area contributed by atoms with Gasteiger partial charge in [0.15, 0.2) is 0 Å². The van der Waals surface area contributed by atoms with Crippen molar-refractivity contribution in [3.05, 3.63) is 35.6 Å². The fourth-order valence-electron chi connectivity index (χ4n) is 2.00. The molecule has 19 heavy (non-hydrogen) atoms. The van der Waals surface area contributed by atoms with Crippen molar-refractivity contribution in [2.24, 2.45) is 5.73 Å². The fourth-order valence-corrected chi connectivity index (χ4v) is 2.00. The molecule has 0 unspecified atom stereocenters. The Hall–Kier alpha value is -1.36. The maximum Gasteiger partial charge on any atom is 0.135 e. The topological polar surface area (TPSA) is 57.6 Å². The van der Waals surface area contributed by atoms with Gasteiger partial charge in [0.2, 0.25) is 0 Å². The minimum atomic E-state index is 0.231. The minimum Gasteiger partial charge on any atom is -0.458 e. The second kappa shape index (κ2) is 6.70. The number of nitrogens with two attached hydrogens (primary N) is 1. The summed E-state index contributed by atoms with van der Waals surface area (Å²) in [6, 6.07) is 7.90. The summed E-state index contributed by atoms with van der Waals surface area (Å²) in [6.07, 6.45) is 0.231. The van der Waals surface area contributed by atoms with Crippen LogP contribution in [-0.4, -0.2) is 19.3 Å². The Morgan fingerprint density at radius 2 is 2.00 bits per heavy atom. The molecule has 1 heterocycles. The number of rotatable bonds is 7. The summed E-state index contributed by atoms with van der Waals surface area (Å²) in [4.78, 5) is 0. The van der Waals surface area contributed by atoms with Gasteiger partial charge in [-0.25, -0.2) is 0 Å². The zero-order valence-electron chi connectivity index (χ0n) is 11.5. The molecule has 104 valence electrons. The second-order valence-corrected chi connectivity index (χ2v) is 4.68. The predicted octanol–water partition coefficient (Wildman–Crippen LogP) is 2.83. The van der Waals surface area contributed by atoms with Gasteiger partial charge in [-0.3, -0.25) is 0 Å². The third-order valence-corrected chi connectivity index (χ3v) is 2.90.